The van der Waals surface area contributed by atoms with Crippen LogP contribution in [0.4, 0.5) is 17.6 Å². The highest BCUT2D eigenvalue weighted by atomic mass is 35.5. The monoisotopic (exact) mass is 303 g/mol. The molecule has 106 valence electrons. The molecular weight excluding hydrogens is 294 g/mol. The van der Waals surface area contributed by atoms with Gasteiger partial charge in [-0.1, -0.05) is 17.7 Å². The minimum absolute atomic E-state index is 0.0263. The summed E-state index contributed by atoms with van der Waals surface area (Å²) in [6.07, 6.45) is 0. The molecule has 0 aliphatic heterocycles. The molecule has 1 unspecified atom stereocenters. The molecule has 0 saturated carbocycles. The van der Waals surface area contributed by atoms with Crippen LogP contribution in [0, 0.1) is 23.3 Å². The largest absolute Gasteiger partial charge is 0.309 e. The molecule has 0 amide bonds. The highest BCUT2D eigenvalue weighted by Gasteiger charge is 2.24. The maximum Gasteiger partial charge on any atom is 0.161 e. The predicted octanol–water partition coefficient (Wildman–Crippen LogP) is 4.21. The fourth-order valence-electron chi connectivity index (χ4n) is 2.00. The molecule has 0 radical (unpaired) electrons. The molecule has 0 aromatic heterocycles. The molecule has 0 fully saturated rings. The van der Waals surface area contributed by atoms with Crippen molar-refractivity contribution < 1.29 is 17.6 Å². The van der Waals surface area contributed by atoms with E-state index < -0.39 is 29.3 Å². The van der Waals surface area contributed by atoms with Gasteiger partial charge in [0.25, 0.3) is 0 Å². The Morgan fingerprint density at radius 1 is 0.950 bits per heavy atom. The summed E-state index contributed by atoms with van der Waals surface area (Å²) >= 11 is 5.91. The number of hydrogen-bond acceptors (Lipinski definition) is 1. The van der Waals surface area contributed by atoms with E-state index in [1.54, 1.807) is 0 Å². The van der Waals surface area contributed by atoms with Gasteiger partial charge in [0.05, 0.1) is 6.04 Å². The van der Waals surface area contributed by atoms with E-state index in [1.807, 2.05) is 0 Å². The van der Waals surface area contributed by atoms with E-state index in [4.69, 9.17) is 11.6 Å². The van der Waals surface area contributed by atoms with E-state index in [0.29, 0.717) is 12.1 Å². The van der Waals surface area contributed by atoms with Crippen LogP contribution in [0.2, 0.25) is 5.02 Å². The molecule has 2 aromatic carbocycles. The average Bonchev–Trinajstić information content (AvgIpc) is 2.39. The van der Waals surface area contributed by atoms with Crippen LogP contribution in [0.5, 0.6) is 0 Å². The van der Waals surface area contributed by atoms with Gasteiger partial charge in [-0.2, -0.15) is 0 Å². The molecule has 0 saturated heterocycles. The van der Waals surface area contributed by atoms with Gasteiger partial charge in [0.15, 0.2) is 11.6 Å². The predicted molar refractivity (Wildman–Crippen MR) is 68.6 cm³/mol. The van der Waals surface area contributed by atoms with Crippen molar-refractivity contribution in [3.8, 4) is 0 Å². The second-order valence-corrected chi connectivity index (χ2v) is 4.55. The van der Waals surface area contributed by atoms with E-state index >= 15 is 0 Å². The summed E-state index contributed by atoms with van der Waals surface area (Å²) in [6.45, 7) is 0. The lowest BCUT2D eigenvalue weighted by molar-refractivity contribution is 0.481. The highest BCUT2D eigenvalue weighted by molar-refractivity contribution is 6.31. The maximum absolute atomic E-state index is 13.9. The fraction of sp³-hybridized carbons (Fsp3) is 0.143. The Balaban J connectivity index is 2.62. The lowest BCUT2D eigenvalue weighted by Crippen LogP contribution is -2.21. The number of halogens is 5. The first-order valence-electron chi connectivity index (χ1n) is 5.71. The number of rotatable bonds is 3. The Labute approximate surface area is 118 Å². The second-order valence-electron chi connectivity index (χ2n) is 4.14. The zero-order valence-corrected chi connectivity index (χ0v) is 11.1. The topological polar surface area (TPSA) is 12.0 Å². The number of benzene rings is 2. The SMILES string of the molecule is CNC(c1cc(F)c(F)cc1F)c1c(F)cccc1Cl. The van der Waals surface area contributed by atoms with Crippen molar-refractivity contribution in [3.63, 3.8) is 0 Å². The number of hydrogen-bond donors (Lipinski definition) is 1. The van der Waals surface area contributed by atoms with Crippen molar-refractivity contribution >= 4 is 11.6 Å². The zero-order chi connectivity index (χ0) is 14.9. The van der Waals surface area contributed by atoms with E-state index in [9.17, 15) is 17.6 Å². The third-order valence-electron chi connectivity index (χ3n) is 2.93. The average molecular weight is 304 g/mol. The quantitative estimate of drug-likeness (QED) is 0.662. The second kappa shape index (κ2) is 5.81. The van der Waals surface area contributed by atoms with Gasteiger partial charge in [0.2, 0.25) is 0 Å². The van der Waals surface area contributed by atoms with E-state index in [1.165, 1.54) is 19.2 Å². The highest BCUT2D eigenvalue weighted by Crippen LogP contribution is 2.32. The first-order chi connectivity index (χ1) is 9.45. The first kappa shape index (κ1) is 14.8. The summed E-state index contributed by atoms with van der Waals surface area (Å²) in [6, 6.07) is 4.07. The Morgan fingerprint density at radius 3 is 2.20 bits per heavy atom. The van der Waals surface area contributed by atoms with Crippen molar-refractivity contribution in [1.82, 2.24) is 5.32 Å². The van der Waals surface area contributed by atoms with Crippen molar-refractivity contribution in [2.75, 3.05) is 7.05 Å². The summed E-state index contributed by atoms with van der Waals surface area (Å²) in [5, 5.41) is 2.71. The molecule has 0 aliphatic rings. The summed E-state index contributed by atoms with van der Waals surface area (Å²) in [5.41, 5.74) is -0.250. The van der Waals surface area contributed by atoms with Crippen molar-refractivity contribution in [1.29, 1.82) is 0 Å². The number of nitrogens with one attached hydrogen (secondary N) is 1. The van der Waals surface area contributed by atoms with Gasteiger partial charge in [-0.25, -0.2) is 17.6 Å². The molecule has 6 heteroatoms. The van der Waals surface area contributed by atoms with Crippen molar-refractivity contribution in [3.05, 3.63) is 69.8 Å². The fourth-order valence-corrected chi connectivity index (χ4v) is 2.27. The van der Waals surface area contributed by atoms with Crippen LogP contribution in [0.3, 0.4) is 0 Å². The van der Waals surface area contributed by atoms with Crippen molar-refractivity contribution in [2.45, 2.75) is 6.04 Å². The van der Waals surface area contributed by atoms with Gasteiger partial charge in [0.1, 0.15) is 11.6 Å². The molecule has 2 rings (SSSR count). The molecule has 20 heavy (non-hydrogen) atoms. The molecule has 0 aliphatic carbocycles. The third-order valence-corrected chi connectivity index (χ3v) is 3.26. The summed E-state index contributed by atoms with van der Waals surface area (Å²) in [7, 11) is 1.44. The van der Waals surface area contributed by atoms with Gasteiger partial charge >= 0.3 is 0 Å². The van der Waals surface area contributed by atoms with Gasteiger partial charge < -0.3 is 5.32 Å². The summed E-state index contributed by atoms with van der Waals surface area (Å²) in [5.74, 6) is -4.17. The molecule has 1 nitrogen and oxygen atoms in total. The third kappa shape index (κ3) is 2.64. The maximum atomic E-state index is 13.9. The van der Waals surface area contributed by atoms with Crippen LogP contribution in [-0.2, 0) is 0 Å². The minimum atomic E-state index is -1.30. The van der Waals surface area contributed by atoms with Crippen LogP contribution in [-0.4, -0.2) is 7.05 Å². The first-order valence-corrected chi connectivity index (χ1v) is 6.09. The lowest BCUT2D eigenvalue weighted by Gasteiger charge is -2.20. The molecule has 0 spiro atoms. The normalized spacial score (nSPS) is 12.5. The lowest BCUT2D eigenvalue weighted by atomic mass is 9.97. The molecule has 1 N–H and O–H groups in total. The van der Waals surface area contributed by atoms with Gasteiger partial charge in [0, 0.05) is 22.2 Å². The smallest absolute Gasteiger partial charge is 0.161 e. The van der Waals surface area contributed by atoms with Crippen LogP contribution in [0.15, 0.2) is 30.3 Å². The van der Waals surface area contributed by atoms with Crippen LogP contribution >= 0.6 is 11.6 Å². The van der Waals surface area contributed by atoms with E-state index in [0.717, 1.165) is 6.07 Å². The summed E-state index contributed by atoms with van der Waals surface area (Å²) in [4.78, 5) is 0. The van der Waals surface area contributed by atoms with Crippen LogP contribution in [0.1, 0.15) is 17.2 Å². The van der Waals surface area contributed by atoms with E-state index in [-0.39, 0.29) is 16.1 Å². The van der Waals surface area contributed by atoms with E-state index in [2.05, 4.69) is 5.32 Å². The van der Waals surface area contributed by atoms with Gasteiger partial charge in [-0.3, -0.25) is 0 Å². The van der Waals surface area contributed by atoms with Crippen LogP contribution in [0.25, 0.3) is 0 Å². The Kier molecular flexibility index (Phi) is 4.30. The Hall–Kier alpha value is -1.59. The Bertz CT molecular complexity index is 625. The minimum Gasteiger partial charge on any atom is -0.309 e. The van der Waals surface area contributed by atoms with Crippen LogP contribution < -0.4 is 5.32 Å². The molecular formula is C14H10ClF4N. The summed E-state index contributed by atoms with van der Waals surface area (Å²) < 4.78 is 53.9. The molecule has 2 aromatic rings. The molecule has 0 bridgehead atoms. The zero-order valence-electron chi connectivity index (χ0n) is 10.4. The Morgan fingerprint density at radius 2 is 1.60 bits per heavy atom. The molecule has 0 heterocycles. The molecule has 1 atom stereocenters. The van der Waals surface area contributed by atoms with Gasteiger partial charge in [-0.15, -0.1) is 0 Å². The standard InChI is InChI=1S/C14H10ClF4N/c1-20-14(13-8(15)3-2-4-9(13)16)7-5-11(18)12(19)6-10(7)17/h2-6,14,20H,1H3. The van der Waals surface area contributed by atoms with Gasteiger partial charge in [-0.05, 0) is 25.2 Å². The van der Waals surface area contributed by atoms with Crippen molar-refractivity contribution in [2.24, 2.45) is 0 Å².